The number of ether oxygens (including phenoxy) is 1. The van der Waals surface area contributed by atoms with Crippen molar-refractivity contribution in [1.82, 2.24) is 4.90 Å². The fraction of sp³-hybridized carbons (Fsp3) is 0.923. The van der Waals surface area contributed by atoms with Gasteiger partial charge in [0.25, 0.3) is 0 Å². The summed E-state index contributed by atoms with van der Waals surface area (Å²) in [5.41, 5.74) is -0.201. The summed E-state index contributed by atoms with van der Waals surface area (Å²) >= 11 is 0. The van der Waals surface area contributed by atoms with Gasteiger partial charge in [-0.05, 0) is 26.7 Å². The lowest BCUT2D eigenvalue weighted by atomic mass is 9.91. The molecule has 4 nitrogen and oxygen atoms in total. The molecule has 2 rings (SSSR count). The second-order valence-electron chi connectivity index (χ2n) is 5.88. The van der Waals surface area contributed by atoms with Gasteiger partial charge in [0, 0.05) is 32.0 Å². The van der Waals surface area contributed by atoms with E-state index in [2.05, 4.69) is 18.7 Å². The molecule has 1 saturated carbocycles. The molecule has 1 N–H and O–H groups in total. The maximum absolute atomic E-state index is 11.3. The predicted octanol–water partition coefficient (Wildman–Crippen LogP) is 0.970. The number of carbonyl (C=O) groups excluding carboxylic acids is 1. The smallest absolute Gasteiger partial charge is 0.133 e. The molecule has 98 valence electrons. The molecule has 0 spiro atoms. The normalized spacial score (nSPS) is 31.7. The van der Waals surface area contributed by atoms with Crippen molar-refractivity contribution >= 4 is 5.78 Å². The van der Waals surface area contributed by atoms with Crippen molar-refractivity contribution in [2.75, 3.05) is 19.7 Å². The van der Waals surface area contributed by atoms with Crippen molar-refractivity contribution in [2.45, 2.75) is 57.3 Å². The van der Waals surface area contributed by atoms with Gasteiger partial charge in [0.1, 0.15) is 5.78 Å². The highest BCUT2D eigenvalue weighted by Crippen LogP contribution is 2.27. The molecule has 0 aromatic carbocycles. The first-order valence-corrected chi connectivity index (χ1v) is 6.54. The van der Waals surface area contributed by atoms with Crippen LogP contribution in [0.5, 0.6) is 0 Å². The average molecular weight is 241 g/mol. The van der Waals surface area contributed by atoms with Gasteiger partial charge < -0.3 is 9.84 Å². The molecule has 1 aliphatic heterocycles. The summed E-state index contributed by atoms with van der Waals surface area (Å²) in [6, 6.07) is 0.491. The van der Waals surface area contributed by atoms with Gasteiger partial charge in [-0.3, -0.25) is 9.69 Å². The first-order chi connectivity index (χ1) is 8.00. The van der Waals surface area contributed by atoms with Gasteiger partial charge in [-0.2, -0.15) is 0 Å². The van der Waals surface area contributed by atoms with E-state index in [0.717, 1.165) is 25.9 Å². The van der Waals surface area contributed by atoms with Crippen LogP contribution in [-0.4, -0.2) is 53.2 Å². The predicted molar refractivity (Wildman–Crippen MR) is 64.9 cm³/mol. The molecule has 1 atom stereocenters. The van der Waals surface area contributed by atoms with Crippen LogP contribution in [0.4, 0.5) is 0 Å². The van der Waals surface area contributed by atoms with E-state index in [-0.39, 0.29) is 18.3 Å². The van der Waals surface area contributed by atoms with E-state index in [4.69, 9.17) is 4.74 Å². The zero-order chi connectivity index (χ0) is 12.5. The zero-order valence-electron chi connectivity index (χ0n) is 10.8. The lowest BCUT2D eigenvalue weighted by molar-refractivity contribution is -0.159. The average Bonchev–Trinajstić information content (AvgIpc) is 2.27. The number of aliphatic hydroxyl groups excluding tert-OH is 1. The van der Waals surface area contributed by atoms with Crippen LogP contribution in [-0.2, 0) is 9.53 Å². The fourth-order valence-corrected chi connectivity index (χ4v) is 3.00. The molecule has 17 heavy (non-hydrogen) atoms. The second kappa shape index (κ2) is 5.04. The molecule has 4 heteroatoms. The van der Waals surface area contributed by atoms with Crippen molar-refractivity contribution in [1.29, 1.82) is 0 Å². The maximum atomic E-state index is 11.3. The fourth-order valence-electron chi connectivity index (χ4n) is 3.00. The standard InChI is InChI=1S/C13H23NO3/c1-13(2)9-14(7-12(8-15)17-13)10-3-5-11(16)6-4-10/h10,12,15H,3-9H2,1-2H3. The van der Waals surface area contributed by atoms with E-state index in [0.29, 0.717) is 24.7 Å². The number of Topliss-reactive ketones (excluding diaryl/α,β-unsaturated/α-hetero) is 1. The summed E-state index contributed by atoms with van der Waals surface area (Å²) in [6.07, 6.45) is 3.27. The van der Waals surface area contributed by atoms with Gasteiger partial charge in [0.05, 0.1) is 18.3 Å². The lowest BCUT2D eigenvalue weighted by Crippen LogP contribution is -2.57. The Bertz CT molecular complexity index is 280. The molecule has 1 heterocycles. The Morgan fingerprint density at radius 2 is 2.06 bits per heavy atom. The topological polar surface area (TPSA) is 49.8 Å². The van der Waals surface area contributed by atoms with Crippen LogP contribution in [0.3, 0.4) is 0 Å². The van der Waals surface area contributed by atoms with Crippen molar-refractivity contribution in [3.8, 4) is 0 Å². The van der Waals surface area contributed by atoms with Crippen molar-refractivity contribution < 1.29 is 14.6 Å². The number of hydrogen-bond acceptors (Lipinski definition) is 4. The summed E-state index contributed by atoms with van der Waals surface area (Å²) in [7, 11) is 0. The molecule has 0 radical (unpaired) electrons. The number of aliphatic hydroxyl groups is 1. The Morgan fingerprint density at radius 1 is 1.41 bits per heavy atom. The highest BCUT2D eigenvalue weighted by molar-refractivity contribution is 5.79. The molecule has 2 fully saturated rings. The molecule has 1 unspecified atom stereocenters. The molecule has 2 aliphatic rings. The summed E-state index contributed by atoms with van der Waals surface area (Å²) in [5.74, 6) is 0.396. The summed E-state index contributed by atoms with van der Waals surface area (Å²) in [5, 5.41) is 9.28. The third-order valence-electron chi connectivity index (χ3n) is 3.74. The van der Waals surface area contributed by atoms with Gasteiger partial charge in [-0.25, -0.2) is 0 Å². The Morgan fingerprint density at radius 3 is 2.65 bits per heavy atom. The minimum atomic E-state index is -0.201. The van der Waals surface area contributed by atoms with Gasteiger partial charge in [-0.15, -0.1) is 0 Å². The van der Waals surface area contributed by atoms with Crippen LogP contribution < -0.4 is 0 Å². The van der Waals surface area contributed by atoms with Gasteiger partial charge >= 0.3 is 0 Å². The first kappa shape index (κ1) is 13.0. The van der Waals surface area contributed by atoms with E-state index in [1.54, 1.807) is 0 Å². The lowest BCUT2D eigenvalue weighted by Gasteiger charge is -2.46. The molecule has 0 aromatic heterocycles. The molecular formula is C13H23NO3. The quantitative estimate of drug-likeness (QED) is 0.782. The molecule has 1 saturated heterocycles. The van der Waals surface area contributed by atoms with Crippen molar-refractivity contribution in [3.63, 3.8) is 0 Å². The number of nitrogens with zero attached hydrogens (tertiary/aromatic N) is 1. The highest BCUT2D eigenvalue weighted by atomic mass is 16.5. The first-order valence-electron chi connectivity index (χ1n) is 6.54. The highest BCUT2D eigenvalue weighted by Gasteiger charge is 2.36. The summed E-state index contributed by atoms with van der Waals surface area (Å²) in [6.45, 7) is 5.89. The van der Waals surface area contributed by atoms with E-state index in [9.17, 15) is 9.90 Å². The number of ketones is 1. The molecule has 1 aliphatic carbocycles. The van der Waals surface area contributed by atoms with Crippen LogP contribution in [0.25, 0.3) is 0 Å². The third kappa shape index (κ3) is 3.27. The van der Waals surface area contributed by atoms with Crippen LogP contribution >= 0.6 is 0 Å². The van der Waals surface area contributed by atoms with Gasteiger partial charge in [0.15, 0.2) is 0 Å². The van der Waals surface area contributed by atoms with Crippen molar-refractivity contribution in [3.05, 3.63) is 0 Å². The Hall–Kier alpha value is -0.450. The number of carbonyl (C=O) groups is 1. The van der Waals surface area contributed by atoms with Gasteiger partial charge in [-0.1, -0.05) is 0 Å². The Balaban J connectivity index is 1.97. The minimum absolute atomic E-state index is 0.0750. The summed E-state index contributed by atoms with van der Waals surface area (Å²) < 4.78 is 5.81. The Kier molecular flexibility index (Phi) is 3.85. The van der Waals surface area contributed by atoms with Crippen LogP contribution in [0.1, 0.15) is 39.5 Å². The van der Waals surface area contributed by atoms with Crippen LogP contribution in [0.2, 0.25) is 0 Å². The number of hydrogen-bond donors (Lipinski definition) is 1. The van der Waals surface area contributed by atoms with E-state index < -0.39 is 0 Å². The van der Waals surface area contributed by atoms with E-state index in [1.165, 1.54) is 0 Å². The SMILES string of the molecule is CC1(C)CN(C2CCC(=O)CC2)CC(CO)O1. The third-order valence-corrected chi connectivity index (χ3v) is 3.74. The molecule has 0 bridgehead atoms. The Labute approximate surface area is 103 Å². The largest absolute Gasteiger partial charge is 0.394 e. The number of rotatable bonds is 2. The molecular weight excluding hydrogens is 218 g/mol. The molecule has 0 amide bonds. The van der Waals surface area contributed by atoms with E-state index >= 15 is 0 Å². The molecule has 0 aromatic rings. The second-order valence-corrected chi connectivity index (χ2v) is 5.88. The van der Waals surface area contributed by atoms with Crippen molar-refractivity contribution in [2.24, 2.45) is 0 Å². The van der Waals surface area contributed by atoms with E-state index in [1.807, 2.05) is 0 Å². The van der Waals surface area contributed by atoms with Gasteiger partial charge in [0.2, 0.25) is 0 Å². The maximum Gasteiger partial charge on any atom is 0.133 e. The minimum Gasteiger partial charge on any atom is -0.394 e. The zero-order valence-corrected chi connectivity index (χ0v) is 10.8. The van der Waals surface area contributed by atoms with Crippen LogP contribution in [0, 0.1) is 0 Å². The number of morpholine rings is 1. The summed E-state index contributed by atoms with van der Waals surface area (Å²) in [4.78, 5) is 13.7. The van der Waals surface area contributed by atoms with Crippen LogP contribution in [0.15, 0.2) is 0 Å². The monoisotopic (exact) mass is 241 g/mol.